The van der Waals surface area contributed by atoms with Gasteiger partial charge in [0.25, 0.3) is 0 Å². The Morgan fingerprint density at radius 1 is 1.75 bits per heavy atom. The van der Waals surface area contributed by atoms with E-state index in [1.54, 1.807) is 0 Å². The van der Waals surface area contributed by atoms with Gasteiger partial charge in [0, 0.05) is 25.7 Å². The van der Waals surface area contributed by atoms with Gasteiger partial charge in [-0.05, 0) is 13.0 Å². The van der Waals surface area contributed by atoms with Gasteiger partial charge < -0.3 is 16.4 Å². The molecule has 0 aromatic carbocycles. The van der Waals surface area contributed by atoms with Crippen LogP contribution in [0.25, 0.3) is 0 Å². The van der Waals surface area contributed by atoms with Crippen LogP contribution in [-0.2, 0) is 0 Å². The molecular weight excluding hydrogens is 152 g/mol. The van der Waals surface area contributed by atoms with Gasteiger partial charge >= 0.3 is 0 Å². The molecule has 1 fully saturated rings. The Kier molecular flexibility index (Phi) is 4.53. The first-order valence-electron chi connectivity index (χ1n) is 4.70. The number of nitrogens with zero attached hydrogens (tertiary/aromatic N) is 1. The summed E-state index contributed by atoms with van der Waals surface area (Å²) in [7, 11) is 0. The maximum absolute atomic E-state index is 5.90. The molecule has 4 nitrogen and oxygen atoms in total. The van der Waals surface area contributed by atoms with E-state index in [1.807, 2.05) is 0 Å². The highest BCUT2D eigenvalue weighted by Crippen LogP contribution is 1.91. The highest BCUT2D eigenvalue weighted by atomic mass is 15.1. The van der Waals surface area contributed by atoms with Gasteiger partial charge in [0.1, 0.15) is 0 Å². The molecule has 2 atom stereocenters. The maximum atomic E-state index is 5.90. The van der Waals surface area contributed by atoms with E-state index in [4.69, 9.17) is 5.73 Å². The number of nitrogens with one attached hydrogen (secondary N) is 2. The van der Waals surface area contributed by atoms with Gasteiger partial charge in [0.05, 0.1) is 6.17 Å². The Balaban J connectivity index is 2.15. The molecule has 0 amide bonds. The summed E-state index contributed by atoms with van der Waals surface area (Å²) in [5.74, 6) is 0. The average Bonchev–Trinajstić information content (AvgIpc) is 2.15. The van der Waals surface area contributed by atoms with E-state index < -0.39 is 0 Å². The molecule has 1 aliphatic rings. The molecule has 0 bridgehead atoms. The smallest absolute Gasteiger partial charge is 0.0718 e. The number of piperazine rings is 1. The Labute approximate surface area is 74.3 Å². The normalized spacial score (nSPS) is 27.0. The molecular formula is C8H19N4. The highest BCUT2D eigenvalue weighted by molar-refractivity contribution is 4.82. The van der Waals surface area contributed by atoms with E-state index >= 15 is 0 Å². The molecule has 0 spiro atoms. The number of hydrogen-bond donors (Lipinski definition) is 3. The van der Waals surface area contributed by atoms with Crippen LogP contribution in [0.5, 0.6) is 0 Å². The molecule has 1 heterocycles. The third-order valence-corrected chi connectivity index (χ3v) is 2.07. The van der Waals surface area contributed by atoms with Gasteiger partial charge in [-0.2, -0.15) is 0 Å². The largest absolute Gasteiger partial charge is 0.315 e. The lowest BCUT2D eigenvalue weighted by Gasteiger charge is -2.29. The second-order valence-corrected chi connectivity index (χ2v) is 3.17. The van der Waals surface area contributed by atoms with Crippen molar-refractivity contribution in [3.8, 4) is 0 Å². The van der Waals surface area contributed by atoms with Gasteiger partial charge in [-0.15, -0.1) is 0 Å². The minimum Gasteiger partial charge on any atom is -0.315 e. The third kappa shape index (κ3) is 3.06. The monoisotopic (exact) mass is 171 g/mol. The SMILES string of the molecule is CCCNC(N)C1C[N]CCN1. The summed E-state index contributed by atoms with van der Waals surface area (Å²) in [6, 6.07) is 0.324. The van der Waals surface area contributed by atoms with Crippen LogP contribution in [0.15, 0.2) is 0 Å². The molecule has 0 aromatic heterocycles. The van der Waals surface area contributed by atoms with Gasteiger partial charge in [-0.25, -0.2) is 5.32 Å². The molecule has 0 aliphatic carbocycles. The molecule has 1 saturated heterocycles. The molecule has 12 heavy (non-hydrogen) atoms. The average molecular weight is 171 g/mol. The third-order valence-electron chi connectivity index (χ3n) is 2.07. The molecule has 1 aliphatic heterocycles. The van der Waals surface area contributed by atoms with Crippen LogP contribution in [-0.4, -0.2) is 38.4 Å². The molecule has 1 rings (SSSR count). The van der Waals surface area contributed by atoms with Crippen molar-refractivity contribution in [1.29, 1.82) is 0 Å². The topological polar surface area (TPSA) is 64.2 Å². The van der Waals surface area contributed by atoms with Crippen molar-refractivity contribution in [3.63, 3.8) is 0 Å². The standard InChI is InChI=1S/C8H19N4/c1-2-3-12-8(9)7-6-10-4-5-11-7/h7-8,11-12H,2-6,9H2,1H3. The van der Waals surface area contributed by atoms with Crippen molar-refractivity contribution in [3.05, 3.63) is 0 Å². The van der Waals surface area contributed by atoms with Crippen molar-refractivity contribution < 1.29 is 0 Å². The second kappa shape index (κ2) is 5.48. The zero-order chi connectivity index (χ0) is 8.81. The van der Waals surface area contributed by atoms with Crippen LogP contribution >= 0.6 is 0 Å². The van der Waals surface area contributed by atoms with E-state index in [0.29, 0.717) is 6.04 Å². The van der Waals surface area contributed by atoms with Gasteiger partial charge in [0.15, 0.2) is 0 Å². The minimum absolute atomic E-state index is 0.0500. The first-order valence-corrected chi connectivity index (χ1v) is 4.70. The first-order chi connectivity index (χ1) is 5.84. The zero-order valence-electron chi connectivity index (χ0n) is 7.71. The molecule has 1 radical (unpaired) electrons. The van der Waals surface area contributed by atoms with Crippen LogP contribution in [0.4, 0.5) is 0 Å². The van der Waals surface area contributed by atoms with E-state index in [-0.39, 0.29) is 6.17 Å². The minimum atomic E-state index is 0.0500. The van der Waals surface area contributed by atoms with Gasteiger partial charge in [-0.3, -0.25) is 0 Å². The second-order valence-electron chi connectivity index (χ2n) is 3.17. The van der Waals surface area contributed by atoms with Crippen molar-refractivity contribution in [1.82, 2.24) is 16.0 Å². The van der Waals surface area contributed by atoms with Crippen molar-refractivity contribution >= 4 is 0 Å². The summed E-state index contributed by atoms with van der Waals surface area (Å²) in [5.41, 5.74) is 5.90. The quantitative estimate of drug-likeness (QED) is 0.468. The summed E-state index contributed by atoms with van der Waals surface area (Å²) in [6.45, 7) is 5.86. The van der Waals surface area contributed by atoms with E-state index in [1.165, 1.54) is 0 Å². The highest BCUT2D eigenvalue weighted by Gasteiger charge is 2.18. The van der Waals surface area contributed by atoms with Crippen LogP contribution in [0.3, 0.4) is 0 Å². The van der Waals surface area contributed by atoms with Crippen LogP contribution in [0.2, 0.25) is 0 Å². The fourth-order valence-electron chi connectivity index (χ4n) is 1.32. The number of hydrogen-bond acceptors (Lipinski definition) is 3. The zero-order valence-corrected chi connectivity index (χ0v) is 7.71. The molecule has 4 N–H and O–H groups in total. The summed E-state index contributed by atoms with van der Waals surface area (Å²) in [5, 5.41) is 10.9. The lowest BCUT2D eigenvalue weighted by molar-refractivity contribution is 0.326. The summed E-state index contributed by atoms with van der Waals surface area (Å²) < 4.78 is 0. The first kappa shape index (κ1) is 9.92. The van der Waals surface area contributed by atoms with E-state index in [0.717, 1.165) is 32.6 Å². The fraction of sp³-hybridized carbons (Fsp3) is 1.00. The summed E-state index contributed by atoms with van der Waals surface area (Å²) in [4.78, 5) is 0. The van der Waals surface area contributed by atoms with Gasteiger partial charge in [0.2, 0.25) is 0 Å². The molecule has 71 valence electrons. The van der Waals surface area contributed by atoms with Crippen molar-refractivity contribution in [2.45, 2.75) is 25.6 Å². The Morgan fingerprint density at radius 3 is 3.17 bits per heavy atom. The van der Waals surface area contributed by atoms with Crippen LogP contribution in [0, 0.1) is 0 Å². The maximum Gasteiger partial charge on any atom is 0.0718 e. The number of rotatable bonds is 4. The van der Waals surface area contributed by atoms with E-state index in [2.05, 4.69) is 22.9 Å². The fourth-order valence-corrected chi connectivity index (χ4v) is 1.32. The summed E-state index contributed by atoms with van der Waals surface area (Å²) >= 11 is 0. The summed E-state index contributed by atoms with van der Waals surface area (Å²) in [6.07, 6.45) is 1.17. The van der Waals surface area contributed by atoms with E-state index in [9.17, 15) is 0 Å². The van der Waals surface area contributed by atoms with Crippen LogP contribution < -0.4 is 21.7 Å². The Morgan fingerprint density at radius 2 is 2.58 bits per heavy atom. The molecule has 4 heteroatoms. The lowest BCUT2D eigenvalue weighted by Crippen LogP contribution is -2.60. The van der Waals surface area contributed by atoms with Gasteiger partial charge in [-0.1, -0.05) is 6.92 Å². The Hall–Kier alpha value is -0.160. The predicted molar refractivity (Wildman–Crippen MR) is 49.9 cm³/mol. The predicted octanol–water partition coefficient (Wildman–Crippen LogP) is -1.15. The Bertz CT molecular complexity index is 112. The molecule has 0 aromatic rings. The van der Waals surface area contributed by atoms with Crippen molar-refractivity contribution in [2.75, 3.05) is 26.2 Å². The molecule has 2 unspecified atom stereocenters. The lowest BCUT2D eigenvalue weighted by atomic mass is 10.2. The van der Waals surface area contributed by atoms with Crippen molar-refractivity contribution in [2.24, 2.45) is 5.73 Å². The number of nitrogens with two attached hydrogens (primary N) is 1. The molecule has 0 saturated carbocycles. The van der Waals surface area contributed by atoms with Crippen LogP contribution in [0.1, 0.15) is 13.3 Å².